The fourth-order valence-electron chi connectivity index (χ4n) is 2.30. The van der Waals surface area contributed by atoms with Crippen molar-refractivity contribution in [3.8, 4) is 5.75 Å². The molecule has 1 saturated heterocycles. The minimum absolute atomic E-state index is 0.211. The van der Waals surface area contributed by atoms with Crippen LogP contribution in [0.1, 0.15) is 38.2 Å². The van der Waals surface area contributed by atoms with E-state index in [1.54, 1.807) is 6.07 Å². The summed E-state index contributed by atoms with van der Waals surface area (Å²) in [6, 6.07) is 4.99. The molecule has 1 aromatic rings. The Morgan fingerprint density at radius 1 is 1.22 bits per heavy atom. The first-order valence-electron chi connectivity index (χ1n) is 6.81. The highest BCUT2D eigenvalue weighted by Crippen LogP contribution is 2.22. The SMILES string of the molecule is CC(C)c1cc(F)cc(OCCN2CCCC2)c1. The molecular formula is C15H22FNO. The third-order valence-electron chi connectivity index (χ3n) is 3.44. The van der Waals surface area contributed by atoms with Crippen molar-refractivity contribution in [2.75, 3.05) is 26.2 Å². The molecule has 1 heterocycles. The topological polar surface area (TPSA) is 12.5 Å². The van der Waals surface area contributed by atoms with Gasteiger partial charge in [0, 0.05) is 12.6 Å². The van der Waals surface area contributed by atoms with Gasteiger partial charge in [0.05, 0.1) is 0 Å². The molecule has 0 radical (unpaired) electrons. The zero-order chi connectivity index (χ0) is 13.0. The summed E-state index contributed by atoms with van der Waals surface area (Å²) >= 11 is 0. The van der Waals surface area contributed by atoms with Crippen LogP contribution < -0.4 is 4.74 Å². The monoisotopic (exact) mass is 251 g/mol. The molecule has 0 amide bonds. The first-order valence-corrected chi connectivity index (χ1v) is 6.81. The number of hydrogen-bond acceptors (Lipinski definition) is 2. The average Bonchev–Trinajstić information content (AvgIpc) is 2.81. The molecule has 18 heavy (non-hydrogen) atoms. The Kier molecular flexibility index (Phi) is 4.59. The van der Waals surface area contributed by atoms with E-state index in [-0.39, 0.29) is 5.82 Å². The molecule has 1 aromatic carbocycles. The molecule has 0 spiro atoms. The zero-order valence-corrected chi connectivity index (χ0v) is 11.3. The minimum atomic E-state index is -0.211. The smallest absolute Gasteiger partial charge is 0.127 e. The maximum Gasteiger partial charge on any atom is 0.127 e. The summed E-state index contributed by atoms with van der Waals surface area (Å²) in [6.07, 6.45) is 2.58. The molecule has 1 aliphatic rings. The van der Waals surface area contributed by atoms with Crippen LogP contribution in [0.25, 0.3) is 0 Å². The van der Waals surface area contributed by atoms with Gasteiger partial charge in [-0.2, -0.15) is 0 Å². The number of hydrogen-bond donors (Lipinski definition) is 0. The fraction of sp³-hybridized carbons (Fsp3) is 0.600. The Bertz CT molecular complexity index is 386. The van der Waals surface area contributed by atoms with Crippen LogP contribution >= 0.6 is 0 Å². The van der Waals surface area contributed by atoms with Crippen molar-refractivity contribution in [3.05, 3.63) is 29.6 Å². The highest BCUT2D eigenvalue weighted by molar-refractivity contribution is 5.31. The van der Waals surface area contributed by atoms with Gasteiger partial charge in [0.1, 0.15) is 18.2 Å². The van der Waals surface area contributed by atoms with Gasteiger partial charge in [-0.15, -0.1) is 0 Å². The Morgan fingerprint density at radius 2 is 1.94 bits per heavy atom. The van der Waals surface area contributed by atoms with E-state index in [1.807, 2.05) is 6.07 Å². The summed E-state index contributed by atoms with van der Waals surface area (Å²) in [4.78, 5) is 2.39. The molecular weight excluding hydrogens is 229 g/mol. The molecule has 0 bridgehead atoms. The van der Waals surface area contributed by atoms with Crippen LogP contribution in [0.4, 0.5) is 4.39 Å². The highest BCUT2D eigenvalue weighted by atomic mass is 19.1. The fourth-order valence-corrected chi connectivity index (χ4v) is 2.30. The van der Waals surface area contributed by atoms with E-state index in [9.17, 15) is 4.39 Å². The molecule has 0 saturated carbocycles. The van der Waals surface area contributed by atoms with Crippen LogP contribution in [0.15, 0.2) is 18.2 Å². The summed E-state index contributed by atoms with van der Waals surface area (Å²) in [7, 11) is 0. The highest BCUT2D eigenvalue weighted by Gasteiger charge is 2.11. The van der Waals surface area contributed by atoms with Crippen LogP contribution in [-0.2, 0) is 0 Å². The van der Waals surface area contributed by atoms with Crippen molar-refractivity contribution in [1.82, 2.24) is 4.90 Å². The summed E-state index contributed by atoms with van der Waals surface area (Å²) in [5.41, 5.74) is 0.992. The number of halogens is 1. The van der Waals surface area contributed by atoms with Crippen LogP contribution in [0.2, 0.25) is 0 Å². The van der Waals surface area contributed by atoms with Crippen LogP contribution in [-0.4, -0.2) is 31.1 Å². The number of ether oxygens (including phenoxy) is 1. The lowest BCUT2D eigenvalue weighted by molar-refractivity contribution is 0.237. The summed E-state index contributed by atoms with van der Waals surface area (Å²) in [5.74, 6) is 0.761. The number of benzene rings is 1. The molecule has 1 aliphatic heterocycles. The van der Waals surface area contributed by atoms with E-state index < -0.39 is 0 Å². The van der Waals surface area contributed by atoms with E-state index in [0.29, 0.717) is 18.3 Å². The average molecular weight is 251 g/mol. The van der Waals surface area contributed by atoms with Gasteiger partial charge in [-0.25, -0.2) is 4.39 Å². The predicted molar refractivity (Wildman–Crippen MR) is 71.7 cm³/mol. The maximum atomic E-state index is 13.4. The first kappa shape index (κ1) is 13.3. The molecule has 0 N–H and O–H groups in total. The number of nitrogens with zero attached hydrogens (tertiary/aromatic N) is 1. The van der Waals surface area contributed by atoms with Gasteiger partial charge in [0.15, 0.2) is 0 Å². The zero-order valence-electron chi connectivity index (χ0n) is 11.3. The molecule has 0 atom stereocenters. The van der Waals surface area contributed by atoms with Crippen molar-refractivity contribution in [2.24, 2.45) is 0 Å². The second-order valence-corrected chi connectivity index (χ2v) is 5.27. The van der Waals surface area contributed by atoms with Crippen LogP contribution in [0.3, 0.4) is 0 Å². The normalized spacial score (nSPS) is 16.4. The molecule has 1 fully saturated rings. The first-order chi connectivity index (χ1) is 8.65. The van der Waals surface area contributed by atoms with Gasteiger partial charge >= 0.3 is 0 Å². The second-order valence-electron chi connectivity index (χ2n) is 5.27. The van der Waals surface area contributed by atoms with Gasteiger partial charge in [0.2, 0.25) is 0 Å². The Hall–Kier alpha value is -1.09. The van der Waals surface area contributed by atoms with E-state index >= 15 is 0 Å². The van der Waals surface area contributed by atoms with Crippen molar-refractivity contribution < 1.29 is 9.13 Å². The Balaban J connectivity index is 1.88. The third-order valence-corrected chi connectivity index (χ3v) is 3.44. The van der Waals surface area contributed by atoms with Crippen LogP contribution in [0.5, 0.6) is 5.75 Å². The van der Waals surface area contributed by atoms with Crippen molar-refractivity contribution in [3.63, 3.8) is 0 Å². The quantitative estimate of drug-likeness (QED) is 0.795. The number of likely N-dealkylation sites (tertiary alicyclic amines) is 1. The largest absolute Gasteiger partial charge is 0.492 e. The Labute approximate surface area is 109 Å². The lowest BCUT2D eigenvalue weighted by Gasteiger charge is -2.15. The Morgan fingerprint density at radius 3 is 2.61 bits per heavy atom. The lowest BCUT2D eigenvalue weighted by atomic mass is 10.0. The summed E-state index contributed by atoms with van der Waals surface area (Å²) in [6.45, 7) is 8.04. The molecule has 0 unspecified atom stereocenters. The molecule has 100 valence electrons. The van der Waals surface area contributed by atoms with Gasteiger partial charge < -0.3 is 4.74 Å². The molecule has 2 nitrogen and oxygen atoms in total. The van der Waals surface area contributed by atoms with Crippen molar-refractivity contribution >= 4 is 0 Å². The maximum absolute atomic E-state index is 13.4. The molecule has 0 aromatic heterocycles. The standard InChI is InChI=1S/C15H22FNO/c1-12(2)13-9-14(16)11-15(10-13)18-8-7-17-5-3-4-6-17/h9-12H,3-8H2,1-2H3. The third kappa shape index (κ3) is 3.70. The molecule has 0 aliphatic carbocycles. The van der Waals surface area contributed by atoms with Gasteiger partial charge in [-0.3, -0.25) is 4.90 Å². The van der Waals surface area contributed by atoms with Crippen molar-refractivity contribution in [2.45, 2.75) is 32.6 Å². The van der Waals surface area contributed by atoms with E-state index in [2.05, 4.69) is 18.7 Å². The van der Waals surface area contributed by atoms with Gasteiger partial charge in [-0.1, -0.05) is 13.8 Å². The van der Waals surface area contributed by atoms with Crippen LogP contribution in [0, 0.1) is 5.82 Å². The molecule has 3 heteroatoms. The lowest BCUT2D eigenvalue weighted by Crippen LogP contribution is -2.25. The van der Waals surface area contributed by atoms with E-state index in [0.717, 1.165) is 12.1 Å². The van der Waals surface area contributed by atoms with Gasteiger partial charge in [0.25, 0.3) is 0 Å². The summed E-state index contributed by atoms with van der Waals surface area (Å²) < 4.78 is 19.1. The van der Waals surface area contributed by atoms with Crippen molar-refractivity contribution in [1.29, 1.82) is 0 Å². The van der Waals surface area contributed by atoms with E-state index in [4.69, 9.17) is 4.74 Å². The second kappa shape index (κ2) is 6.19. The predicted octanol–water partition coefficient (Wildman–Crippen LogP) is 3.42. The van der Waals surface area contributed by atoms with E-state index in [1.165, 1.54) is 32.0 Å². The minimum Gasteiger partial charge on any atom is -0.492 e. The summed E-state index contributed by atoms with van der Waals surface area (Å²) in [5, 5.41) is 0. The van der Waals surface area contributed by atoms with Gasteiger partial charge in [-0.05, 0) is 49.5 Å². The number of rotatable bonds is 5. The molecule has 2 rings (SSSR count).